The topological polar surface area (TPSA) is 54.8 Å². The third-order valence-electron chi connectivity index (χ3n) is 2.99. The molecule has 22 heavy (non-hydrogen) atoms. The first-order valence-corrected chi connectivity index (χ1v) is 6.49. The van der Waals surface area contributed by atoms with Crippen molar-refractivity contribution in [3.8, 4) is 0 Å². The molecule has 9 heteroatoms. The van der Waals surface area contributed by atoms with E-state index in [1.165, 1.54) is 19.2 Å². The minimum Gasteiger partial charge on any atom is -0.465 e. The second-order valence-electron chi connectivity index (χ2n) is 4.62. The molecule has 1 aromatic heterocycles. The number of nitrogens with zero attached hydrogens (tertiary/aromatic N) is 3. The van der Waals surface area contributed by atoms with E-state index in [2.05, 4.69) is 14.8 Å². The zero-order valence-corrected chi connectivity index (χ0v) is 11.6. The molecule has 0 amide bonds. The molecule has 1 unspecified atom stereocenters. The van der Waals surface area contributed by atoms with E-state index in [0.29, 0.717) is 5.56 Å². The Balaban J connectivity index is 2.15. The molecule has 0 saturated carbocycles. The Morgan fingerprint density at radius 1 is 1.45 bits per heavy atom. The van der Waals surface area contributed by atoms with Gasteiger partial charge in [-0.1, -0.05) is 6.07 Å². The van der Waals surface area contributed by atoms with Crippen molar-refractivity contribution in [3.63, 3.8) is 0 Å². The van der Waals surface area contributed by atoms with Crippen LogP contribution in [0.4, 0.5) is 17.6 Å². The molecule has 1 aromatic rings. The molecule has 0 spiro atoms. The summed E-state index contributed by atoms with van der Waals surface area (Å²) in [7, 11) is 0. The van der Waals surface area contributed by atoms with Gasteiger partial charge in [0.25, 0.3) is 0 Å². The van der Waals surface area contributed by atoms with Crippen LogP contribution in [0.25, 0.3) is 0 Å². The van der Waals surface area contributed by atoms with E-state index in [-0.39, 0.29) is 19.7 Å². The maximum absolute atomic E-state index is 12.9. The maximum Gasteiger partial charge on any atom is 0.432 e. The lowest BCUT2D eigenvalue weighted by Gasteiger charge is -2.15. The van der Waals surface area contributed by atoms with Crippen LogP contribution < -0.4 is 0 Å². The van der Waals surface area contributed by atoms with Crippen LogP contribution in [0.1, 0.15) is 12.5 Å². The van der Waals surface area contributed by atoms with Gasteiger partial charge in [-0.2, -0.15) is 22.7 Å². The minimum absolute atomic E-state index is 0.0111. The van der Waals surface area contributed by atoms with Crippen molar-refractivity contribution in [2.45, 2.75) is 19.6 Å². The largest absolute Gasteiger partial charge is 0.465 e. The average Bonchev–Trinajstić information content (AvgIpc) is 2.86. The molecule has 0 N–H and O–H groups in total. The quantitative estimate of drug-likeness (QED) is 0.485. The van der Waals surface area contributed by atoms with Gasteiger partial charge in [0, 0.05) is 6.20 Å². The monoisotopic (exact) mass is 319 g/mol. The molecular weight excluding hydrogens is 306 g/mol. The number of carbonyl (C=O) groups is 1. The third kappa shape index (κ3) is 3.71. The van der Waals surface area contributed by atoms with E-state index in [1.807, 2.05) is 0 Å². The summed E-state index contributed by atoms with van der Waals surface area (Å²) in [6.45, 7) is 1.25. The summed E-state index contributed by atoms with van der Waals surface area (Å²) in [5.74, 6) is -3.12. The zero-order chi connectivity index (χ0) is 16.3. The molecule has 1 aliphatic rings. The van der Waals surface area contributed by atoms with Crippen LogP contribution in [-0.2, 0) is 16.1 Å². The van der Waals surface area contributed by atoms with E-state index in [1.54, 1.807) is 0 Å². The van der Waals surface area contributed by atoms with Crippen molar-refractivity contribution < 1.29 is 27.1 Å². The van der Waals surface area contributed by atoms with Crippen molar-refractivity contribution in [2.75, 3.05) is 13.2 Å². The van der Waals surface area contributed by atoms with Crippen molar-refractivity contribution in [3.05, 3.63) is 29.8 Å². The standard InChI is InChI=1S/C13H13F4N3O2/c1-2-22-12(21)9-7-20(19-11(9)13(15,16)17)6-8-3-4-10(14)18-5-8/h3-5,9H,2,6-7H2,1H3. The van der Waals surface area contributed by atoms with E-state index in [0.717, 1.165) is 11.1 Å². The highest BCUT2D eigenvalue weighted by molar-refractivity contribution is 6.06. The molecule has 1 atom stereocenters. The fraction of sp³-hybridized carbons (Fsp3) is 0.462. The van der Waals surface area contributed by atoms with E-state index < -0.39 is 29.7 Å². The van der Waals surface area contributed by atoms with Crippen molar-refractivity contribution in [1.29, 1.82) is 0 Å². The number of aromatic nitrogens is 1. The molecule has 5 nitrogen and oxygen atoms in total. The maximum atomic E-state index is 12.9. The fourth-order valence-electron chi connectivity index (χ4n) is 2.05. The number of ether oxygens (including phenoxy) is 1. The summed E-state index contributed by atoms with van der Waals surface area (Å²) >= 11 is 0. The number of pyridine rings is 1. The fourth-order valence-corrected chi connectivity index (χ4v) is 2.05. The van der Waals surface area contributed by atoms with Crippen LogP contribution in [0.5, 0.6) is 0 Å². The minimum atomic E-state index is -4.72. The van der Waals surface area contributed by atoms with Crippen LogP contribution in [-0.4, -0.2) is 41.0 Å². The highest BCUT2D eigenvalue weighted by atomic mass is 19.4. The number of halogens is 4. The van der Waals surface area contributed by atoms with Crippen LogP contribution in [0.2, 0.25) is 0 Å². The summed E-state index contributed by atoms with van der Waals surface area (Å²) in [5, 5.41) is 4.56. The smallest absolute Gasteiger partial charge is 0.432 e. The van der Waals surface area contributed by atoms with Gasteiger partial charge < -0.3 is 4.74 Å². The summed E-state index contributed by atoms with van der Waals surface area (Å²) in [6, 6.07) is 2.49. The average molecular weight is 319 g/mol. The lowest BCUT2D eigenvalue weighted by Crippen LogP contribution is -2.36. The van der Waals surface area contributed by atoms with Gasteiger partial charge in [-0.25, -0.2) is 4.98 Å². The predicted octanol–water partition coefficient (Wildman–Crippen LogP) is 2.13. The molecule has 0 aromatic carbocycles. The van der Waals surface area contributed by atoms with Gasteiger partial charge in [-0.15, -0.1) is 0 Å². The Hall–Kier alpha value is -2.19. The van der Waals surface area contributed by atoms with Crippen molar-refractivity contribution >= 4 is 11.7 Å². The number of alkyl halides is 3. The molecule has 0 fully saturated rings. The van der Waals surface area contributed by atoms with Crippen LogP contribution in [0.3, 0.4) is 0 Å². The number of hydrazone groups is 1. The van der Waals surface area contributed by atoms with E-state index in [4.69, 9.17) is 0 Å². The Labute approximate surface area is 123 Å². The first kappa shape index (κ1) is 16.2. The van der Waals surface area contributed by atoms with Crippen LogP contribution >= 0.6 is 0 Å². The third-order valence-corrected chi connectivity index (χ3v) is 2.99. The summed E-state index contributed by atoms with van der Waals surface area (Å²) in [5.41, 5.74) is -0.697. The number of hydrogen-bond acceptors (Lipinski definition) is 5. The van der Waals surface area contributed by atoms with E-state index >= 15 is 0 Å². The van der Waals surface area contributed by atoms with Gasteiger partial charge in [0.1, 0.15) is 5.92 Å². The number of esters is 1. The Kier molecular flexibility index (Phi) is 4.62. The summed E-state index contributed by atoms with van der Waals surface area (Å²) < 4.78 is 56.2. The van der Waals surface area contributed by atoms with Crippen molar-refractivity contribution in [2.24, 2.45) is 11.0 Å². The van der Waals surface area contributed by atoms with Gasteiger partial charge >= 0.3 is 12.1 Å². The lowest BCUT2D eigenvalue weighted by molar-refractivity contribution is -0.147. The van der Waals surface area contributed by atoms with Gasteiger partial charge in [0.05, 0.1) is 19.7 Å². The van der Waals surface area contributed by atoms with E-state index in [9.17, 15) is 22.4 Å². The van der Waals surface area contributed by atoms with Gasteiger partial charge in [0.15, 0.2) is 5.71 Å². The highest BCUT2D eigenvalue weighted by Gasteiger charge is 2.48. The number of carbonyl (C=O) groups excluding carboxylic acids is 1. The number of hydrogen-bond donors (Lipinski definition) is 0. The molecule has 0 bridgehead atoms. The van der Waals surface area contributed by atoms with Gasteiger partial charge in [0.2, 0.25) is 5.95 Å². The lowest BCUT2D eigenvalue weighted by atomic mass is 10.0. The SMILES string of the molecule is CCOC(=O)C1CN(Cc2ccc(F)nc2)N=C1C(F)(F)F. The molecule has 2 heterocycles. The molecule has 2 rings (SSSR count). The number of rotatable bonds is 4. The summed E-state index contributed by atoms with van der Waals surface area (Å²) in [4.78, 5) is 15.1. The molecule has 120 valence electrons. The second-order valence-corrected chi connectivity index (χ2v) is 4.62. The first-order valence-electron chi connectivity index (χ1n) is 6.49. The molecule has 0 radical (unpaired) electrons. The highest BCUT2D eigenvalue weighted by Crippen LogP contribution is 2.29. The first-order chi connectivity index (χ1) is 10.3. The molecule has 0 aliphatic carbocycles. The predicted molar refractivity (Wildman–Crippen MR) is 68.2 cm³/mol. The van der Waals surface area contributed by atoms with Crippen LogP contribution in [0, 0.1) is 11.9 Å². The Morgan fingerprint density at radius 2 is 2.18 bits per heavy atom. The van der Waals surface area contributed by atoms with Crippen molar-refractivity contribution in [1.82, 2.24) is 9.99 Å². The second kappa shape index (κ2) is 6.29. The molecule has 0 saturated heterocycles. The zero-order valence-electron chi connectivity index (χ0n) is 11.6. The van der Waals surface area contributed by atoms with Gasteiger partial charge in [-0.3, -0.25) is 9.80 Å². The summed E-state index contributed by atoms with van der Waals surface area (Å²) in [6.07, 6.45) is -3.51. The molecular formula is C13H13F4N3O2. The Bertz CT molecular complexity index is 572. The molecule has 1 aliphatic heterocycles. The van der Waals surface area contributed by atoms with Gasteiger partial charge in [-0.05, 0) is 18.6 Å². The Morgan fingerprint density at radius 3 is 2.73 bits per heavy atom. The van der Waals surface area contributed by atoms with Crippen LogP contribution in [0.15, 0.2) is 23.4 Å². The normalized spacial score (nSPS) is 18.3.